The molecular weight excluding hydrogens is 382 g/mol. The van der Waals surface area contributed by atoms with Crippen LogP contribution in [0, 0.1) is 11.3 Å². The Hall–Kier alpha value is -2.47. The van der Waals surface area contributed by atoms with Crippen molar-refractivity contribution in [3.05, 3.63) is 53.0 Å². The molecule has 0 spiro atoms. The Morgan fingerprint density at radius 1 is 1.24 bits per heavy atom. The number of hydrogen-bond acceptors (Lipinski definition) is 4. The quantitative estimate of drug-likeness (QED) is 0.679. The molecule has 154 valence electrons. The summed E-state index contributed by atoms with van der Waals surface area (Å²) in [6.07, 6.45) is 6.71. The van der Waals surface area contributed by atoms with Crippen molar-refractivity contribution in [3.8, 4) is 0 Å². The lowest BCUT2D eigenvalue weighted by Crippen LogP contribution is -2.43. The number of carbonyl (C=O) groups is 2. The van der Waals surface area contributed by atoms with E-state index in [1.807, 2.05) is 35.7 Å². The van der Waals surface area contributed by atoms with Gasteiger partial charge in [0.1, 0.15) is 0 Å². The van der Waals surface area contributed by atoms with Gasteiger partial charge in [0.15, 0.2) is 5.13 Å². The molecule has 1 aliphatic rings. The SMILES string of the molecule is CC1CC(NC(=O)Cc2csc(NC(=O)/C=C/c3ccccc3)n2)CC(C)(C)C1. The summed E-state index contributed by atoms with van der Waals surface area (Å²) < 4.78 is 0. The van der Waals surface area contributed by atoms with Crippen LogP contribution < -0.4 is 10.6 Å². The number of carbonyl (C=O) groups excluding carboxylic acids is 2. The second-order valence-corrected chi connectivity index (χ2v) is 9.59. The molecule has 1 aromatic carbocycles. The van der Waals surface area contributed by atoms with E-state index < -0.39 is 0 Å². The van der Waals surface area contributed by atoms with E-state index in [4.69, 9.17) is 0 Å². The van der Waals surface area contributed by atoms with E-state index >= 15 is 0 Å². The van der Waals surface area contributed by atoms with Crippen LogP contribution in [0.4, 0.5) is 5.13 Å². The highest BCUT2D eigenvalue weighted by Gasteiger charge is 2.32. The van der Waals surface area contributed by atoms with Crippen molar-refractivity contribution in [1.29, 1.82) is 0 Å². The lowest BCUT2D eigenvalue weighted by atomic mass is 9.70. The van der Waals surface area contributed by atoms with Gasteiger partial charge in [0.2, 0.25) is 11.8 Å². The van der Waals surface area contributed by atoms with Crippen molar-refractivity contribution >= 4 is 34.4 Å². The van der Waals surface area contributed by atoms with Crippen LogP contribution >= 0.6 is 11.3 Å². The van der Waals surface area contributed by atoms with E-state index in [1.165, 1.54) is 23.8 Å². The smallest absolute Gasteiger partial charge is 0.250 e. The molecule has 0 radical (unpaired) electrons. The maximum absolute atomic E-state index is 12.4. The molecule has 29 heavy (non-hydrogen) atoms. The summed E-state index contributed by atoms with van der Waals surface area (Å²) in [5, 5.41) is 8.25. The van der Waals surface area contributed by atoms with Gasteiger partial charge in [0, 0.05) is 17.5 Å². The van der Waals surface area contributed by atoms with Gasteiger partial charge in [-0.2, -0.15) is 0 Å². The lowest BCUT2D eigenvalue weighted by molar-refractivity contribution is -0.121. The number of amides is 2. The Morgan fingerprint density at radius 3 is 2.72 bits per heavy atom. The van der Waals surface area contributed by atoms with Crippen LogP contribution in [-0.2, 0) is 16.0 Å². The average molecular weight is 412 g/mol. The number of rotatable bonds is 6. The molecule has 1 aromatic heterocycles. The summed E-state index contributed by atoms with van der Waals surface area (Å²) in [7, 11) is 0. The topological polar surface area (TPSA) is 71.1 Å². The Labute approximate surface area is 176 Å². The number of aromatic nitrogens is 1. The molecule has 1 saturated carbocycles. The molecular formula is C23H29N3O2S. The highest BCUT2D eigenvalue weighted by molar-refractivity contribution is 7.14. The summed E-state index contributed by atoms with van der Waals surface area (Å²) in [5.74, 6) is 0.374. The largest absolute Gasteiger partial charge is 0.353 e. The zero-order chi connectivity index (χ0) is 20.9. The van der Waals surface area contributed by atoms with Gasteiger partial charge in [-0.25, -0.2) is 4.98 Å². The first-order valence-corrected chi connectivity index (χ1v) is 10.9. The minimum atomic E-state index is -0.238. The fraction of sp³-hybridized carbons (Fsp3) is 0.435. The third-order valence-corrected chi connectivity index (χ3v) is 5.91. The first-order chi connectivity index (χ1) is 13.8. The monoisotopic (exact) mass is 411 g/mol. The zero-order valence-electron chi connectivity index (χ0n) is 17.3. The van der Waals surface area contributed by atoms with Crippen LogP contribution in [0.3, 0.4) is 0 Å². The fourth-order valence-corrected chi connectivity index (χ4v) is 4.94. The number of hydrogen-bond donors (Lipinski definition) is 2. The van der Waals surface area contributed by atoms with Crippen molar-refractivity contribution in [2.75, 3.05) is 5.32 Å². The standard InChI is InChI=1S/C23H29N3O2S/c1-16-11-18(14-23(2,3)13-16)24-21(28)12-19-15-29-22(25-19)26-20(27)10-9-17-7-5-4-6-8-17/h4-10,15-16,18H,11-14H2,1-3H3,(H,24,28)(H,25,26,27)/b10-9+. The highest BCUT2D eigenvalue weighted by Crippen LogP contribution is 2.38. The molecule has 0 bridgehead atoms. The van der Waals surface area contributed by atoms with E-state index in [-0.39, 0.29) is 29.7 Å². The van der Waals surface area contributed by atoms with E-state index in [2.05, 4.69) is 36.4 Å². The number of benzene rings is 1. The van der Waals surface area contributed by atoms with Gasteiger partial charge < -0.3 is 5.32 Å². The number of nitrogens with zero attached hydrogens (tertiary/aromatic N) is 1. The summed E-state index contributed by atoms with van der Waals surface area (Å²) in [6.45, 7) is 6.79. The number of anilines is 1. The maximum Gasteiger partial charge on any atom is 0.250 e. The van der Waals surface area contributed by atoms with E-state index in [0.29, 0.717) is 16.7 Å². The van der Waals surface area contributed by atoms with Gasteiger partial charge >= 0.3 is 0 Å². The number of nitrogens with one attached hydrogen (secondary N) is 2. The second-order valence-electron chi connectivity index (χ2n) is 8.73. The van der Waals surface area contributed by atoms with Crippen molar-refractivity contribution in [3.63, 3.8) is 0 Å². The van der Waals surface area contributed by atoms with Crippen LogP contribution in [0.5, 0.6) is 0 Å². The molecule has 1 fully saturated rings. The van der Waals surface area contributed by atoms with Crippen LogP contribution in [-0.4, -0.2) is 22.8 Å². The molecule has 0 aliphatic heterocycles. The first kappa shape index (κ1) is 21.2. The molecule has 6 heteroatoms. The van der Waals surface area contributed by atoms with Gasteiger partial charge in [0.25, 0.3) is 0 Å². The van der Waals surface area contributed by atoms with Crippen molar-refractivity contribution in [1.82, 2.24) is 10.3 Å². The first-order valence-electron chi connectivity index (χ1n) is 10.1. The van der Waals surface area contributed by atoms with E-state index in [0.717, 1.165) is 18.4 Å². The Bertz CT molecular complexity index is 873. The third-order valence-electron chi connectivity index (χ3n) is 5.10. The Morgan fingerprint density at radius 2 is 2.00 bits per heavy atom. The van der Waals surface area contributed by atoms with Gasteiger partial charge in [0.05, 0.1) is 12.1 Å². The van der Waals surface area contributed by atoms with Gasteiger partial charge in [-0.15, -0.1) is 11.3 Å². The molecule has 1 aliphatic carbocycles. The fourth-order valence-electron chi connectivity index (χ4n) is 4.23. The molecule has 3 rings (SSSR count). The molecule has 2 atom stereocenters. The van der Waals surface area contributed by atoms with E-state index in [9.17, 15) is 9.59 Å². The summed E-state index contributed by atoms with van der Waals surface area (Å²) >= 11 is 1.33. The zero-order valence-corrected chi connectivity index (χ0v) is 18.1. The van der Waals surface area contributed by atoms with Crippen molar-refractivity contribution in [2.45, 2.75) is 52.5 Å². The van der Waals surface area contributed by atoms with Crippen molar-refractivity contribution < 1.29 is 9.59 Å². The average Bonchev–Trinajstić information content (AvgIpc) is 3.05. The van der Waals surface area contributed by atoms with Crippen LogP contribution in [0.25, 0.3) is 6.08 Å². The van der Waals surface area contributed by atoms with Crippen molar-refractivity contribution in [2.24, 2.45) is 11.3 Å². The Balaban J connectivity index is 1.49. The summed E-state index contributed by atoms with van der Waals surface area (Å²) in [6, 6.07) is 9.86. The second kappa shape index (κ2) is 9.35. The normalized spacial score (nSPS) is 21.1. The van der Waals surface area contributed by atoms with Gasteiger partial charge in [-0.1, -0.05) is 51.1 Å². The van der Waals surface area contributed by atoms with Gasteiger partial charge in [-0.05, 0) is 42.2 Å². The molecule has 2 unspecified atom stereocenters. The van der Waals surface area contributed by atoms with Gasteiger partial charge in [-0.3, -0.25) is 14.9 Å². The highest BCUT2D eigenvalue weighted by atomic mass is 32.1. The molecule has 1 heterocycles. The maximum atomic E-state index is 12.4. The van der Waals surface area contributed by atoms with Crippen LogP contribution in [0.2, 0.25) is 0 Å². The molecule has 2 aromatic rings. The molecule has 0 saturated heterocycles. The molecule has 5 nitrogen and oxygen atoms in total. The van der Waals surface area contributed by atoms with E-state index in [1.54, 1.807) is 6.08 Å². The molecule has 2 N–H and O–H groups in total. The van der Waals surface area contributed by atoms with Crippen LogP contribution in [0.15, 0.2) is 41.8 Å². The Kier molecular flexibility index (Phi) is 6.85. The number of thiazole rings is 1. The summed E-state index contributed by atoms with van der Waals surface area (Å²) in [5.41, 5.74) is 1.90. The minimum absolute atomic E-state index is 0.00736. The van der Waals surface area contributed by atoms with Crippen LogP contribution in [0.1, 0.15) is 51.3 Å². The molecule has 2 amide bonds. The predicted octanol–water partition coefficient (Wildman–Crippen LogP) is 4.67. The minimum Gasteiger partial charge on any atom is -0.353 e. The summed E-state index contributed by atoms with van der Waals surface area (Å²) in [4.78, 5) is 28.9. The lowest BCUT2D eigenvalue weighted by Gasteiger charge is -2.39. The predicted molar refractivity (Wildman–Crippen MR) is 119 cm³/mol. The third kappa shape index (κ3) is 6.82.